The molecule has 0 radical (unpaired) electrons. The molecule has 0 unspecified atom stereocenters. The first-order chi connectivity index (χ1) is 21.6. The predicted molar refractivity (Wildman–Crippen MR) is 186 cm³/mol. The van der Waals surface area contributed by atoms with E-state index in [0.717, 1.165) is 44.1 Å². The van der Waals surface area contributed by atoms with Gasteiger partial charge in [-0.25, -0.2) is 0 Å². The summed E-state index contributed by atoms with van der Waals surface area (Å²) in [5.74, 6) is 8.75. The summed E-state index contributed by atoms with van der Waals surface area (Å²) in [6, 6.07) is 18.3. The van der Waals surface area contributed by atoms with E-state index in [4.69, 9.17) is 9.47 Å². The highest BCUT2D eigenvalue weighted by Crippen LogP contribution is 2.58. The Kier molecular flexibility index (Phi) is 5.50. The lowest BCUT2D eigenvalue weighted by Crippen LogP contribution is -2.50. The molecule has 224 valence electrons. The van der Waals surface area contributed by atoms with Crippen LogP contribution in [0.3, 0.4) is 0 Å². The minimum Gasteiger partial charge on any atom is -0.489 e. The van der Waals surface area contributed by atoms with Gasteiger partial charge in [-0.05, 0) is 145 Å². The number of rotatable bonds is 4. The van der Waals surface area contributed by atoms with E-state index in [0.29, 0.717) is 35.9 Å². The number of fused-ring (bicyclic) bond motifs is 2. The van der Waals surface area contributed by atoms with Gasteiger partial charge in [0.25, 0.3) is 0 Å². The van der Waals surface area contributed by atoms with Crippen LogP contribution in [0.2, 0.25) is 0 Å². The van der Waals surface area contributed by atoms with Crippen molar-refractivity contribution in [1.29, 1.82) is 0 Å². The molecule has 8 fully saturated rings. The predicted octanol–water partition coefficient (Wildman–Crippen LogP) is 11.7. The minimum atomic E-state index is 0.342. The zero-order chi connectivity index (χ0) is 28.8. The zero-order valence-corrected chi connectivity index (χ0v) is 28.2. The van der Waals surface area contributed by atoms with Crippen LogP contribution in [-0.4, -0.2) is 12.2 Å². The summed E-state index contributed by atoms with van der Waals surface area (Å²) in [6.07, 6.45) is 14.5. The Balaban J connectivity index is 1.14. The second-order valence-corrected chi connectivity index (χ2v) is 17.7. The van der Waals surface area contributed by atoms with Crippen molar-refractivity contribution < 1.29 is 9.47 Å². The summed E-state index contributed by atoms with van der Waals surface area (Å²) in [5.41, 5.74) is 0. The fourth-order valence-corrected chi connectivity index (χ4v) is 13.5. The van der Waals surface area contributed by atoms with Crippen LogP contribution in [0.15, 0.2) is 57.5 Å². The Morgan fingerprint density at radius 3 is 1.14 bits per heavy atom. The zero-order valence-electron chi connectivity index (χ0n) is 25.0. The fraction of sp³-hybridized carbons (Fsp3) is 0.500. The Morgan fingerprint density at radius 2 is 0.773 bits per heavy atom. The molecule has 8 bridgehead atoms. The largest absolute Gasteiger partial charge is 0.489 e. The van der Waals surface area contributed by atoms with Crippen LogP contribution >= 0.6 is 31.9 Å². The number of ether oxygens (including phenoxy) is 2. The lowest BCUT2D eigenvalue weighted by atomic mass is 9.55. The van der Waals surface area contributed by atoms with Gasteiger partial charge in [0.15, 0.2) is 0 Å². The maximum absolute atomic E-state index is 7.31. The molecule has 2 nitrogen and oxygen atoms in total. The number of halogens is 2. The van der Waals surface area contributed by atoms with Gasteiger partial charge in [-0.1, -0.05) is 68.3 Å². The minimum absolute atomic E-state index is 0.342. The molecule has 5 aromatic carbocycles. The second kappa shape index (κ2) is 9.28. The van der Waals surface area contributed by atoms with Gasteiger partial charge >= 0.3 is 0 Å². The SMILES string of the molecule is Brc1cc(OC2C3CC4CC(C3)CC2C4)c2c3cccc4c(Br)cc(OC5C6CC7CC(C6)CC5C7)c(c5cccc1c52)c43. The highest BCUT2D eigenvalue weighted by atomic mass is 79.9. The summed E-state index contributed by atoms with van der Waals surface area (Å²) in [7, 11) is 0. The van der Waals surface area contributed by atoms with E-state index in [9.17, 15) is 0 Å². The quantitative estimate of drug-likeness (QED) is 0.137. The van der Waals surface area contributed by atoms with Crippen molar-refractivity contribution in [2.24, 2.45) is 47.3 Å². The summed E-state index contributed by atoms with van der Waals surface area (Å²) in [4.78, 5) is 0. The topological polar surface area (TPSA) is 18.5 Å². The maximum atomic E-state index is 7.31. The van der Waals surface area contributed by atoms with Crippen molar-refractivity contribution >= 4 is 74.9 Å². The van der Waals surface area contributed by atoms with Crippen molar-refractivity contribution in [3.05, 3.63) is 57.5 Å². The molecule has 8 aliphatic carbocycles. The molecule has 0 spiro atoms. The van der Waals surface area contributed by atoms with E-state index < -0.39 is 0 Å². The molecule has 8 saturated carbocycles. The lowest BCUT2D eigenvalue weighted by molar-refractivity contribution is -0.0784. The van der Waals surface area contributed by atoms with Crippen molar-refractivity contribution in [3.8, 4) is 11.5 Å². The molecule has 0 aliphatic heterocycles. The average molecular weight is 711 g/mol. The van der Waals surface area contributed by atoms with E-state index in [1.54, 1.807) is 0 Å². The van der Waals surface area contributed by atoms with Gasteiger partial charge in [-0.15, -0.1) is 0 Å². The van der Waals surface area contributed by atoms with E-state index in [2.05, 4.69) is 80.4 Å². The lowest BCUT2D eigenvalue weighted by Gasteiger charge is -2.54. The molecular formula is C40H38Br2O2. The summed E-state index contributed by atoms with van der Waals surface area (Å²) in [5, 5.41) is 10.3. The van der Waals surface area contributed by atoms with Crippen LogP contribution < -0.4 is 9.47 Å². The molecule has 5 aromatic rings. The number of hydrogen-bond donors (Lipinski definition) is 0. The molecule has 0 saturated heterocycles. The molecule has 44 heavy (non-hydrogen) atoms. The standard InChI is InChI=1S/C40H38Br2O2/c41-31-17-34(44-40-25-13-21-8-22(15-25)16-26(40)14-21)38-30-6-2-4-28-32(42)18-33(37(36(28)30)29-5-1-3-27(31)35(29)38)43-39-23-9-19-7-20(11-23)12-24(39)10-19/h1-6,17-26,39-40H,7-16H2. The third kappa shape index (κ3) is 3.59. The third-order valence-corrected chi connectivity index (χ3v) is 14.8. The van der Waals surface area contributed by atoms with Gasteiger partial charge in [-0.2, -0.15) is 0 Å². The van der Waals surface area contributed by atoms with E-state index >= 15 is 0 Å². The van der Waals surface area contributed by atoms with Crippen LogP contribution in [0, 0.1) is 47.3 Å². The van der Waals surface area contributed by atoms with Crippen molar-refractivity contribution in [2.45, 2.75) is 76.4 Å². The smallest absolute Gasteiger partial charge is 0.129 e. The Morgan fingerprint density at radius 1 is 0.432 bits per heavy atom. The first-order valence-corrected chi connectivity index (χ1v) is 19.0. The number of benzene rings is 5. The second-order valence-electron chi connectivity index (χ2n) is 15.9. The molecule has 13 rings (SSSR count). The monoisotopic (exact) mass is 708 g/mol. The Bertz CT molecular complexity index is 1800. The normalized spacial score (nSPS) is 36.9. The van der Waals surface area contributed by atoms with Gasteiger partial charge in [0, 0.05) is 30.5 Å². The molecular weight excluding hydrogens is 672 g/mol. The van der Waals surface area contributed by atoms with Crippen molar-refractivity contribution in [3.63, 3.8) is 0 Å². The van der Waals surface area contributed by atoms with Crippen molar-refractivity contribution in [2.75, 3.05) is 0 Å². The molecule has 0 amide bonds. The van der Waals surface area contributed by atoms with E-state index in [1.165, 1.54) is 107 Å². The van der Waals surface area contributed by atoms with Gasteiger partial charge in [0.05, 0.1) is 0 Å². The summed E-state index contributed by atoms with van der Waals surface area (Å²) < 4.78 is 16.9. The summed E-state index contributed by atoms with van der Waals surface area (Å²) >= 11 is 8.04. The highest BCUT2D eigenvalue weighted by molar-refractivity contribution is 9.11. The van der Waals surface area contributed by atoms with Crippen LogP contribution in [0.25, 0.3) is 43.1 Å². The van der Waals surface area contributed by atoms with Crippen molar-refractivity contribution in [1.82, 2.24) is 0 Å². The fourth-order valence-electron chi connectivity index (χ4n) is 12.4. The number of hydrogen-bond acceptors (Lipinski definition) is 2. The van der Waals surface area contributed by atoms with Crippen LogP contribution in [-0.2, 0) is 0 Å². The highest BCUT2D eigenvalue weighted by Gasteiger charge is 2.51. The molecule has 8 aliphatic rings. The molecule has 0 aromatic heterocycles. The Hall–Kier alpha value is -2.04. The van der Waals surface area contributed by atoms with E-state index in [-0.39, 0.29) is 0 Å². The summed E-state index contributed by atoms with van der Waals surface area (Å²) in [6.45, 7) is 0. The maximum Gasteiger partial charge on any atom is 0.129 e. The molecule has 4 heteroatoms. The van der Waals surface area contributed by atoms with Crippen LogP contribution in [0.4, 0.5) is 0 Å². The molecule has 0 N–H and O–H groups in total. The third-order valence-electron chi connectivity index (χ3n) is 13.5. The molecule has 0 atom stereocenters. The first kappa shape index (κ1) is 26.1. The van der Waals surface area contributed by atoms with Crippen LogP contribution in [0.1, 0.15) is 64.2 Å². The van der Waals surface area contributed by atoms with E-state index in [1.807, 2.05) is 0 Å². The first-order valence-electron chi connectivity index (χ1n) is 17.4. The van der Waals surface area contributed by atoms with Crippen LogP contribution in [0.5, 0.6) is 11.5 Å². The van der Waals surface area contributed by atoms with Gasteiger partial charge in [0.1, 0.15) is 23.7 Å². The Labute approximate surface area is 275 Å². The molecule has 0 heterocycles. The van der Waals surface area contributed by atoms with Gasteiger partial charge in [0.2, 0.25) is 0 Å². The van der Waals surface area contributed by atoms with Gasteiger partial charge < -0.3 is 9.47 Å². The van der Waals surface area contributed by atoms with Gasteiger partial charge in [-0.3, -0.25) is 0 Å². The average Bonchev–Trinajstić information content (AvgIpc) is 3.00.